The van der Waals surface area contributed by atoms with Gasteiger partial charge < -0.3 is 19.5 Å². The predicted octanol–water partition coefficient (Wildman–Crippen LogP) is 5.64. The molecule has 11 heteroatoms. The summed E-state index contributed by atoms with van der Waals surface area (Å²) in [7, 11) is 3.09. The molecule has 0 fully saturated rings. The summed E-state index contributed by atoms with van der Waals surface area (Å²) >= 11 is 0. The van der Waals surface area contributed by atoms with E-state index < -0.39 is 17.2 Å². The van der Waals surface area contributed by atoms with E-state index >= 15 is 0 Å². The van der Waals surface area contributed by atoms with Crippen LogP contribution in [0.15, 0.2) is 78.0 Å². The first-order valence-corrected chi connectivity index (χ1v) is 12.6. The molecule has 0 unspecified atom stereocenters. The lowest BCUT2D eigenvalue weighted by Crippen LogP contribution is -2.28. The molecule has 0 saturated carbocycles. The predicted molar refractivity (Wildman–Crippen MR) is 151 cm³/mol. The van der Waals surface area contributed by atoms with Crippen molar-refractivity contribution in [3.63, 3.8) is 0 Å². The highest BCUT2D eigenvalue weighted by Crippen LogP contribution is 2.36. The van der Waals surface area contributed by atoms with Crippen LogP contribution in [0.1, 0.15) is 30.4 Å². The molecule has 208 valence electrons. The van der Waals surface area contributed by atoms with Crippen molar-refractivity contribution in [3.05, 3.63) is 94.9 Å². The van der Waals surface area contributed by atoms with E-state index in [1.807, 2.05) is 13.8 Å². The molecule has 5 rings (SSSR count). The number of pyridine rings is 2. The number of amides is 1. The van der Waals surface area contributed by atoms with Crippen molar-refractivity contribution in [1.29, 1.82) is 0 Å². The van der Waals surface area contributed by atoms with Crippen molar-refractivity contribution < 1.29 is 23.4 Å². The van der Waals surface area contributed by atoms with E-state index in [-0.39, 0.29) is 23.2 Å². The molecule has 2 aromatic carbocycles. The van der Waals surface area contributed by atoms with E-state index in [4.69, 9.17) is 14.2 Å². The molecule has 0 radical (unpaired) electrons. The zero-order valence-electron chi connectivity index (χ0n) is 22.7. The first-order valence-electron chi connectivity index (χ1n) is 12.6. The zero-order chi connectivity index (χ0) is 29.1. The number of aromatic nitrogens is 4. The fourth-order valence-electron chi connectivity index (χ4n) is 4.11. The molecule has 5 aromatic rings. The highest BCUT2D eigenvalue weighted by Gasteiger charge is 2.20. The normalized spacial score (nSPS) is 11.0. The molecule has 3 heterocycles. The van der Waals surface area contributed by atoms with Crippen molar-refractivity contribution in [2.45, 2.75) is 19.9 Å². The van der Waals surface area contributed by atoms with Gasteiger partial charge in [-0.15, -0.1) is 0 Å². The number of anilines is 1. The third-order valence-electron chi connectivity index (χ3n) is 6.25. The minimum Gasteiger partial charge on any atom is -0.493 e. The van der Waals surface area contributed by atoms with Crippen molar-refractivity contribution in [1.82, 2.24) is 19.7 Å². The number of hydrogen-bond acceptors (Lipinski definition) is 8. The van der Waals surface area contributed by atoms with E-state index in [1.54, 1.807) is 56.9 Å². The van der Waals surface area contributed by atoms with Crippen LogP contribution in [0.4, 0.5) is 10.1 Å². The number of ether oxygens (including phenoxy) is 3. The van der Waals surface area contributed by atoms with E-state index in [2.05, 4.69) is 20.4 Å². The summed E-state index contributed by atoms with van der Waals surface area (Å²) in [5, 5.41) is 7.61. The van der Waals surface area contributed by atoms with Gasteiger partial charge in [-0.25, -0.2) is 9.37 Å². The molecule has 1 N–H and O–H groups in total. The maximum Gasteiger partial charge on any atom is 0.280 e. The molecule has 0 aliphatic heterocycles. The van der Waals surface area contributed by atoms with Gasteiger partial charge in [0.25, 0.3) is 5.91 Å². The number of rotatable bonds is 8. The Kier molecular flexibility index (Phi) is 7.59. The van der Waals surface area contributed by atoms with E-state index in [9.17, 15) is 14.0 Å². The Morgan fingerprint density at radius 1 is 0.951 bits per heavy atom. The fourth-order valence-corrected chi connectivity index (χ4v) is 4.11. The van der Waals surface area contributed by atoms with Gasteiger partial charge in [0.2, 0.25) is 11.3 Å². The lowest BCUT2D eigenvalue weighted by Gasteiger charge is -2.14. The molecule has 1 amide bonds. The third-order valence-corrected chi connectivity index (χ3v) is 6.25. The largest absolute Gasteiger partial charge is 0.493 e. The molecular weight excluding hydrogens is 529 g/mol. The first-order chi connectivity index (χ1) is 19.8. The highest BCUT2D eigenvalue weighted by atomic mass is 19.1. The smallest absolute Gasteiger partial charge is 0.280 e. The van der Waals surface area contributed by atoms with Crippen LogP contribution < -0.4 is 25.0 Å². The lowest BCUT2D eigenvalue weighted by molar-refractivity contribution is 0.101. The zero-order valence-corrected chi connectivity index (χ0v) is 22.7. The molecular formula is C30H26FN5O5. The van der Waals surface area contributed by atoms with Crippen LogP contribution in [0.3, 0.4) is 0 Å². The second-order valence-corrected chi connectivity index (χ2v) is 9.28. The maximum atomic E-state index is 13.5. The van der Waals surface area contributed by atoms with Gasteiger partial charge in [-0.2, -0.15) is 5.10 Å². The van der Waals surface area contributed by atoms with Gasteiger partial charge in [0.05, 0.1) is 31.6 Å². The number of carbonyl (C=O) groups is 1. The summed E-state index contributed by atoms with van der Waals surface area (Å²) in [4.78, 5) is 35.0. The summed E-state index contributed by atoms with van der Waals surface area (Å²) in [6.07, 6.45) is 4.57. The van der Waals surface area contributed by atoms with Crippen molar-refractivity contribution >= 4 is 22.5 Å². The van der Waals surface area contributed by atoms with Gasteiger partial charge in [-0.1, -0.05) is 12.1 Å². The number of hydrogen-bond donors (Lipinski definition) is 1. The molecule has 0 aliphatic carbocycles. The number of nitrogens with one attached hydrogen (secondary N) is 1. The summed E-state index contributed by atoms with van der Waals surface area (Å²) in [6, 6.07) is 13.7. The Morgan fingerprint density at radius 2 is 1.68 bits per heavy atom. The Hall–Kier alpha value is -5.32. The summed E-state index contributed by atoms with van der Waals surface area (Å²) in [5.74, 6) is 0.699. The van der Waals surface area contributed by atoms with E-state index in [0.717, 1.165) is 0 Å². The Morgan fingerprint density at radius 3 is 2.34 bits per heavy atom. The summed E-state index contributed by atoms with van der Waals surface area (Å²) in [5.41, 5.74) is 0.818. The molecule has 10 nitrogen and oxygen atoms in total. The monoisotopic (exact) mass is 555 g/mol. The highest BCUT2D eigenvalue weighted by molar-refractivity contribution is 6.03. The molecule has 0 aliphatic rings. The Bertz CT molecular complexity index is 1790. The van der Waals surface area contributed by atoms with Gasteiger partial charge in [0, 0.05) is 41.5 Å². The van der Waals surface area contributed by atoms with E-state index in [0.29, 0.717) is 39.4 Å². The SMILES string of the molecule is COc1cc2nccc(Oc3ccc(NC(=O)c4nn(C(C)C)cc(-c5ccc(F)cc5)c4=O)cn3)c2cc1OC. The molecule has 0 spiro atoms. The minimum atomic E-state index is -0.704. The molecule has 0 bridgehead atoms. The van der Waals surface area contributed by atoms with Crippen LogP contribution in [0.25, 0.3) is 22.0 Å². The first kappa shape index (κ1) is 27.3. The second kappa shape index (κ2) is 11.4. The summed E-state index contributed by atoms with van der Waals surface area (Å²) < 4.78 is 31.7. The van der Waals surface area contributed by atoms with Crippen molar-refractivity contribution in [2.75, 3.05) is 19.5 Å². The average molecular weight is 556 g/mol. The second-order valence-electron chi connectivity index (χ2n) is 9.28. The molecule has 3 aromatic heterocycles. The standard InChI is InChI=1S/C30H26FN5O5/c1-17(2)36-16-22(18-5-7-19(31)8-6-18)29(37)28(35-36)30(38)34-20-9-10-27(33-15-20)41-24-11-12-32-23-14-26(40-4)25(39-3)13-21(23)24/h5-17H,1-4H3,(H,34,38). The maximum absolute atomic E-state index is 13.5. The van der Waals surface area contributed by atoms with Crippen LogP contribution >= 0.6 is 0 Å². The van der Waals surface area contributed by atoms with Crippen LogP contribution in [0.2, 0.25) is 0 Å². The topological polar surface area (TPSA) is 117 Å². The lowest BCUT2D eigenvalue weighted by atomic mass is 10.1. The van der Waals surface area contributed by atoms with Crippen molar-refractivity contribution in [3.8, 4) is 34.3 Å². The third kappa shape index (κ3) is 5.69. The van der Waals surface area contributed by atoms with Crippen LogP contribution in [0, 0.1) is 5.82 Å². The summed E-state index contributed by atoms with van der Waals surface area (Å²) in [6.45, 7) is 3.74. The number of benzene rings is 2. The van der Waals surface area contributed by atoms with Crippen LogP contribution in [0.5, 0.6) is 23.1 Å². The van der Waals surface area contributed by atoms with Gasteiger partial charge in [0.15, 0.2) is 17.2 Å². The number of fused-ring (bicyclic) bond motifs is 1. The average Bonchev–Trinajstić information content (AvgIpc) is 2.98. The van der Waals surface area contributed by atoms with Crippen LogP contribution in [-0.4, -0.2) is 39.9 Å². The fraction of sp³-hybridized carbons (Fsp3) is 0.167. The van der Waals surface area contributed by atoms with Gasteiger partial charge >= 0.3 is 0 Å². The van der Waals surface area contributed by atoms with E-state index in [1.165, 1.54) is 35.1 Å². The van der Waals surface area contributed by atoms with Gasteiger partial charge in [-0.3, -0.25) is 19.3 Å². The Labute approximate surface area is 234 Å². The molecule has 0 atom stereocenters. The molecule has 0 saturated heterocycles. The number of halogens is 1. The van der Waals surface area contributed by atoms with Gasteiger partial charge in [0.1, 0.15) is 11.6 Å². The van der Waals surface area contributed by atoms with Gasteiger partial charge in [-0.05, 0) is 49.7 Å². The Balaban J connectivity index is 1.39. The minimum absolute atomic E-state index is 0.134. The van der Waals surface area contributed by atoms with Crippen LogP contribution in [-0.2, 0) is 0 Å². The van der Waals surface area contributed by atoms with Crippen molar-refractivity contribution in [2.24, 2.45) is 0 Å². The molecule has 41 heavy (non-hydrogen) atoms. The number of carbonyl (C=O) groups excluding carboxylic acids is 1. The quantitative estimate of drug-likeness (QED) is 0.262. The number of nitrogens with zero attached hydrogens (tertiary/aromatic N) is 4. The number of methoxy groups -OCH3 is 2.